The van der Waals surface area contributed by atoms with E-state index in [-0.39, 0.29) is 0 Å². The molecule has 0 spiro atoms. The second-order valence-electron chi connectivity index (χ2n) is 0.688. The number of nitrogens with two attached hydrogens (primary N) is 1. The van der Waals surface area contributed by atoms with E-state index in [4.69, 9.17) is 0 Å². The SMILES string of the molecule is CCO[B]ON. The van der Waals surface area contributed by atoms with E-state index in [1.54, 1.807) is 0 Å². The summed E-state index contributed by atoms with van der Waals surface area (Å²) in [4.78, 5) is 0. The first-order valence-electron chi connectivity index (χ1n) is 1.70. The fraction of sp³-hybridized carbons (Fsp3) is 1.00. The van der Waals surface area contributed by atoms with Crippen LogP contribution in [0.25, 0.3) is 0 Å². The molecule has 0 saturated heterocycles. The minimum atomic E-state index is 0.594. The van der Waals surface area contributed by atoms with Gasteiger partial charge in [-0.15, -0.1) is 0 Å². The van der Waals surface area contributed by atoms with Crippen molar-refractivity contribution in [1.29, 1.82) is 0 Å². The van der Waals surface area contributed by atoms with Crippen molar-refractivity contribution in [2.45, 2.75) is 6.92 Å². The third kappa shape index (κ3) is 3.94. The highest BCUT2D eigenvalue weighted by Gasteiger charge is 1.82. The average molecular weight is 87.9 g/mol. The number of rotatable bonds is 3. The average Bonchev–Trinajstić information content (AvgIpc) is 1.61. The largest absolute Gasteiger partial charge is 0.506 e. The minimum Gasteiger partial charge on any atom is -0.413 e. The van der Waals surface area contributed by atoms with Crippen molar-refractivity contribution in [3.63, 3.8) is 0 Å². The van der Waals surface area contributed by atoms with Crippen LogP contribution in [0.15, 0.2) is 0 Å². The summed E-state index contributed by atoms with van der Waals surface area (Å²) in [5.41, 5.74) is 0. The van der Waals surface area contributed by atoms with Crippen LogP contribution >= 0.6 is 0 Å². The molecule has 0 aromatic heterocycles. The summed E-state index contributed by atoms with van der Waals surface area (Å²) < 4.78 is 8.45. The lowest BCUT2D eigenvalue weighted by molar-refractivity contribution is 0.236. The molecular weight excluding hydrogens is 80.8 g/mol. The summed E-state index contributed by atoms with van der Waals surface area (Å²) in [5.74, 6) is 4.53. The van der Waals surface area contributed by atoms with E-state index in [0.717, 1.165) is 7.69 Å². The summed E-state index contributed by atoms with van der Waals surface area (Å²) in [6, 6.07) is 0. The minimum absolute atomic E-state index is 0.594. The molecule has 6 heavy (non-hydrogen) atoms. The van der Waals surface area contributed by atoms with Crippen LogP contribution in [-0.4, -0.2) is 14.3 Å². The first-order chi connectivity index (χ1) is 2.91. The quantitative estimate of drug-likeness (QED) is 0.286. The summed E-state index contributed by atoms with van der Waals surface area (Å²) in [6.45, 7) is 2.44. The van der Waals surface area contributed by atoms with Gasteiger partial charge in [0.25, 0.3) is 0 Å². The van der Waals surface area contributed by atoms with E-state index in [2.05, 4.69) is 15.3 Å². The molecule has 0 aromatic carbocycles. The van der Waals surface area contributed by atoms with Crippen molar-refractivity contribution in [2.24, 2.45) is 5.90 Å². The van der Waals surface area contributed by atoms with Gasteiger partial charge < -0.3 is 9.41 Å². The standard InChI is InChI=1S/C2H7BNO2/c1-2-5-3-6-4/h2,4H2,1H3. The van der Waals surface area contributed by atoms with E-state index in [9.17, 15) is 0 Å². The first kappa shape index (κ1) is 5.94. The highest BCUT2D eigenvalue weighted by Crippen LogP contribution is 1.62. The Balaban J connectivity index is 2.34. The van der Waals surface area contributed by atoms with Crippen LogP contribution in [0.2, 0.25) is 0 Å². The zero-order valence-corrected chi connectivity index (χ0v) is 3.68. The Bertz CT molecular complexity index is 23.5. The second kappa shape index (κ2) is 4.94. The van der Waals surface area contributed by atoms with Gasteiger partial charge in [0.05, 0.1) is 0 Å². The maximum absolute atomic E-state index is 4.53. The number of hydrogen-bond donors (Lipinski definition) is 1. The molecule has 2 N–H and O–H groups in total. The fourth-order valence-electron chi connectivity index (χ4n) is 0.107. The summed E-state index contributed by atoms with van der Waals surface area (Å²) in [5, 5.41) is 0. The Hall–Kier alpha value is -0.0551. The molecule has 0 rings (SSSR count). The van der Waals surface area contributed by atoms with E-state index >= 15 is 0 Å². The van der Waals surface area contributed by atoms with E-state index in [1.165, 1.54) is 0 Å². The van der Waals surface area contributed by atoms with E-state index < -0.39 is 0 Å². The zero-order chi connectivity index (χ0) is 4.83. The van der Waals surface area contributed by atoms with Gasteiger partial charge in [0.2, 0.25) is 0 Å². The van der Waals surface area contributed by atoms with Crippen LogP contribution in [0.5, 0.6) is 0 Å². The van der Waals surface area contributed by atoms with Gasteiger partial charge in [0, 0.05) is 6.61 Å². The Labute approximate surface area is 37.7 Å². The second-order valence-corrected chi connectivity index (χ2v) is 0.688. The van der Waals surface area contributed by atoms with Crippen molar-refractivity contribution >= 4 is 7.69 Å². The lowest BCUT2D eigenvalue weighted by atomic mass is 10.4. The third-order valence-electron chi connectivity index (χ3n) is 0.290. The van der Waals surface area contributed by atoms with Crippen molar-refractivity contribution < 1.29 is 9.41 Å². The molecule has 1 radical (unpaired) electrons. The Morgan fingerprint density at radius 2 is 2.50 bits per heavy atom. The lowest BCUT2D eigenvalue weighted by Crippen LogP contribution is -2.08. The number of hydrogen-bond acceptors (Lipinski definition) is 3. The lowest BCUT2D eigenvalue weighted by Gasteiger charge is -1.89. The van der Waals surface area contributed by atoms with E-state index in [1.807, 2.05) is 6.92 Å². The van der Waals surface area contributed by atoms with Crippen LogP contribution < -0.4 is 5.90 Å². The third-order valence-corrected chi connectivity index (χ3v) is 0.290. The summed E-state index contributed by atoms with van der Waals surface area (Å²) >= 11 is 0. The van der Waals surface area contributed by atoms with Gasteiger partial charge in [-0.3, -0.25) is 0 Å². The smallest absolute Gasteiger partial charge is 0.413 e. The van der Waals surface area contributed by atoms with Gasteiger partial charge >= 0.3 is 7.69 Å². The first-order valence-corrected chi connectivity index (χ1v) is 1.70. The van der Waals surface area contributed by atoms with Crippen molar-refractivity contribution in [3.8, 4) is 0 Å². The van der Waals surface area contributed by atoms with Crippen molar-refractivity contribution in [3.05, 3.63) is 0 Å². The highest BCUT2D eigenvalue weighted by atomic mass is 16.7. The van der Waals surface area contributed by atoms with Crippen molar-refractivity contribution in [2.75, 3.05) is 6.61 Å². The molecule has 0 aliphatic carbocycles. The topological polar surface area (TPSA) is 44.5 Å². The van der Waals surface area contributed by atoms with Crippen LogP contribution in [-0.2, 0) is 9.41 Å². The van der Waals surface area contributed by atoms with Crippen molar-refractivity contribution in [1.82, 2.24) is 0 Å². The summed E-state index contributed by atoms with van der Waals surface area (Å²) in [7, 11) is 1.08. The molecule has 0 heterocycles. The van der Waals surface area contributed by atoms with Crippen LogP contribution in [0, 0.1) is 0 Å². The van der Waals surface area contributed by atoms with Gasteiger partial charge in [0.15, 0.2) is 0 Å². The molecule has 4 heteroatoms. The zero-order valence-electron chi connectivity index (χ0n) is 3.68. The monoisotopic (exact) mass is 88.1 g/mol. The Kier molecular flexibility index (Phi) is 4.90. The van der Waals surface area contributed by atoms with E-state index in [0.29, 0.717) is 6.61 Å². The molecule has 0 aliphatic heterocycles. The van der Waals surface area contributed by atoms with Crippen LogP contribution in [0.1, 0.15) is 6.92 Å². The van der Waals surface area contributed by atoms with Gasteiger partial charge in [-0.1, -0.05) is 0 Å². The highest BCUT2D eigenvalue weighted by molar-refractivity contribution is 6.17. The molecule has 0 saturated carbocycles. The Morgan fingerprint density at radius 1 is 1.83 bits per heavy atom. The molecule has 0 aliphatic rings. The normalized spacial score (nSPS) is 8.33. The molecule has 35 valence electrons. The van der Waals surface area contributed by atoms with Gasteiger partial charge in [-0.25, -0.2) is 5.90 Å². The maximum atomic E-state index is 4.53. The molecule has 0 bridgehead atoms. The summed E-state index contributed by atoms with van der Waals surface area (Å²) in [6.07, 6.45) is 0. The Morgan fingerprint density at radius 3 is 2.67 bits per heavy atom. The van der Waals surface area contributed by atoms with Gasteiger partial charge in [-0.05, 0) is 6.92 Å². The van der Waals surface area contributed by atoms with Crippen LogP contribution in [0.4, 0.5) is 0 Å². The molecule has 3 nitrogen and oxygen atoms in total. The predicted molar refractivity (Wildman–Crippen MR) is 22.7 cm³/mol. The maximum Gasteiger partial charge on any atom is 0.506 e. The van der Waals surface area contributed by atoms with Gasteiger partial charge in [-0.2, -0.15) is 0 Å². The van der Waals surface area contributed by atoms with Crippen LogP contribution in [0.3, 0.4) is 0 Å². The molecule has 0 fully saturated rings. The molecule has 0 amide bonds. The van der Waals surface area contributed by atoms with Gasteiger partial charge in [0.1, 0.15) is 0 Å². The predicted octanol–water partition coefficient (Wildman–Crippen LogP) is -0.553. The molecule has 0 aromatic rings. The molecule has 0 unspecified atom stereocenters. The fourth-order valence-corrected chi connectivity index (χ4v) is 0.107. The molecular formula is C2H7BNO2. The molecule has 0 atom stereocenters.